The highest BCUT2D eigenvalue weighted by molar-refractivity contribution is 7.77. The lowest BCUT2D eigenvalue weighted by Crippen LogP contribution is -2.20. The predicted molar refractivity (Wildman–Crippen MR) is 56.4 cm³/mol. The zero-order chi connectivity index (χ0) is 9.14. The molecule has 1 rings (SSSR count). The molecular formula is C9H18N2S. The molecule has 0 aromatic carbocycles. The van der Waals surface area contributed by atoms with Crippen molar-refractivity contribution < 1.29 is 0 Å². The molecule has 2 nitrogen and oxygen atoms in total. The van der Waals surface area contributed by atoms with Crippen LogP contribution in [0.2, 0.25) is 0 Å². The van der Waals surface area contributed by atoms with Gasteiger partial charge in [0.1, 0.15) is 0 Å². The van der Waals surface area contributed by atoms with Crippen LogP contribution in [0.3, 0.4) is 0 Å². The molecule has 0 fully saturated rings. The molecule has 0 aliphatic carbocycles. The molecular weight excluding hydrogens is 168 g/mol. The Morgan fingerprint density at radius 1 is 1.67 bits per heavy atom. The average molecular weight is 186 g/mol. The average Bonchev–Trinajstić information content (AvgIpc) is 2.32. The molecule has 0 saturated carbocycles. The van der Waals surface area contributed by atoms with Crippen LogP contribution in [-0.2, 0) is 0 Å². The lowest BCUT2D eigenvalue weighted by Gasteiger charge is -2.15. The van der Waals surface area contributed by atoms with E-state index in [2.05, 4.69) is 38.7 Å². The van der Waals surface area contributed by atoms with E-state index in [-0.39, 0.29) is 0 Å². The first-order valence-electron chi connectivity index (χ1n) is 4.69. The van der Waals surface area contributed by atoms with Crippen molar-refractivity contribution >= 4 is 18.5 Å². The van der Waals surface area contributed by atoms with Crippen LogP contribution in [0.5, 0.6) is 0 Å². The fourth-order valence-electron chi connectivity index (χ4n) is 1.63. The normalized spacial score (nSPS) is 23.6. The summed E-state index contributed by atoms with van der Waals surface area (Å²) in [5, 5.41) is 4.40. The van der Waals surface area contributed by atoms with E-state index < -0.39 is 0 Å². The molecule has 0 spiro atoms. The summed E-state index contributed by atoms with van der Waals surface area (Å²) in [5.41, 5.74) is 1.34. The smallest absolute Gasteiger partial charge is 0.0562 e. The van der Waals surface area contributed by atoms with Crippen LogP contribution in [0.25, 0.3) is 0 Å². The van der Waals surface area contributed by atoms with Crippen LogP contribution in [0.4, 0.5) is 0 Å². The second-order valence-electron chi connectivity index (χ2n) is 3.75. The Bertz CT molecular complexity index is 177. The minimum Gasteiger partial charge on any atom is -0.241 e. The lowest BCUT2D eigenvalue weighted by atomic mass is 9.90. The fourth-order valence-corrected chi connectivity index (χ4v) is 1.92. The molecule has 0 N–H and O–H groups in total. The molecule has 1 aliphatic heterocycles. The Morgan fingerprint density at radius 3 is 2.83 bits per heavy atom. The summed E-state index contributed by atoms with van der Waals surface area (Å²) in [7, 11) is 0. The third kappa shape index (κ3) is 2.16. The van der Waals surface area contributed by atoms with E-state index in [4.69, 9.17) is 0 Å². The van der Waals surface area contributed by atoms with Gasteiger partial charge in [0.2, 0.25) is 0 Å². The first-order chi connectivity index (χ1) is 5.65. The summed E-state index contributed by atoms with van der Waals surface area (Å²) in [4.78, 5) is 0. The van der Waals surface area contributed by atoms with Gasteiger partial charge in [-0.1, -0.05) is 27.2 Å². The maximum Gasteiger partial charge on any atom is 0.0562 e. The van der Waals surface area contributed by atoms with Crippen molar-refractivity contribution in [1.82, 2.24) is 4.41 Å². The number of hydrogen-bond donors (Lipinski definition) is 1. The molecule has 0 saturated heterocycles. The topological polar surface area (TPSA) is 15.6 Å². The van der Waals surface area contributed by atoms with Gasteiger partial charge < -0.3 is 0 Å². The Kier molecular flexibility index (Phi) is 3.44. The van der Waals surface area contributed by atoms with Gasteiger partial charge in [0.05, 0.1) is 6.54 Å². The maximum absolute atomic E-state index is 4.40. The van der Waals surface area contributed by atoms with Crippen LogP contribution < -0.4 is 0 Å². The number of hydrogen-bond acceptors (Lipinski definition) is 3. The highest BCUT2D eigenvalue weighted by Gasteiger charge is 2.26. The molecule has 0 aromatic heterocycles. The van der Waals surface area contributed by atoms with Gasteiger partial charge in [-0.2, -0.15) is 5.10 Å². The Balaban J connectivity index is 2.59. The Hall–Kier alpha value is -0.180. The zero-order valence-corrected chi connectivity index (χ0v) is 9.01. The third-order valence-corrected chi connectivity index (χ3v) is 2.60. The van der Waals surface area contributed by atoms with Crippen molar-refractivity contribution in [1.29, 1.82) is 0 Å². The van der Waals surface area contributed by atoms with Gasteiger partial charge in [-0.05, 0) is 25.2 Å². The molecule has 0 bridgehead atoms. The van der Waals surface area contributed by atoms with Gasteiger partial charge in [-0.15, -0.1) is 0 Å². The number of hydrazone groups is 1. The molecule has 1 aliphatic rings. The molecule has 3 heteroatoms. The molecule has 12 heavy (non-hydrogen) atoms. The maximum atomic E-state index is 4.40. The molecule has 1 atom stereocenters. The predicted octanol–water partition coefficient (Wildman–Crippen LogP) is 2.58. The van der Waals surface area contributed by atoms with E-state index in [1.165, 1.54) is 12.1 Å². The van der Waals surface area contributed by atoms with Crippen LogP contribution in [0.1, 0.15) is 33.6 Å². The van der Waals surface area contributed by atoms with E-state index in [0.29, 0.717) is 11.8 Å². The Labute approximate surface area is 80.6 Å². The van der Waals surface area contributed by atoms with Gasteiger partial charge in [0.15, 0.2) is 0 Å². The third-order valence-electron chi connectivity index (χ3n) is 2.34. The van der Waals surface area contributed by atoms with Crippen molar-refractivity contribution in [2.75, 3.05) is 6.54 Å². The number of thiol groups is 1. The summed E-state index contributed by atoms with van der Waals surface area (Å²) in [5.74, 6) is 1.31. The van der Waals surface area contributed by atoms with Gasteiger partial charge in [-0.25, -0.2) is 4.41 Å². The van der Waals surface area contributed by atoms with Crippen molar-refractivity contribution in [3.63, 3.8) is 0 Å². The van der Waals surface area contributed by atoms with Gasteiger partial charge in [-0.3, -0.25) is 0 Å². The SMILES string of the molecule is CCCC1=NN(S)CC1C(C)C. The summed E-state index contributed by atoms with van der Waals surface area (Å²) in [6, 6.07) is 0. The van der Waals surface area contributed by atoms with Crippen molar-refractivity contribution in [2.45, 2.75) is 33.6 Å². The molecule has 0 amide bonds. The van der Waals surface area contributed by atoms with E-state index >= 15 is 0 Å². The monoisotopic (exact) mass is 186 g/mol. The van der Waals surface area contributed by atoms with Gasteiger partial charge >= 0.3 is 0 Å². The molecule has 0 aromatic rings. The minimum absolute atomic E-state index is 0.627. The number of rotatable bonds is 3. The molecule has 1 heterocycles. The highest BCUT2D eigenvalue weighted by atomic mass is 32.1. The second kappa shape index (κ2) is 4.17. The quantitative estimate of drug-likeness (QED) is 0.670. The first-order valence-corrected chi connectivity index (χ1v) is 5.09. The highest BCUT2D eigenvalue weighted by Crippen LogP contribution is 2.24. The van der Waals surface area contributed by atoms with Gasteiger partial charge in [0.25, 0.3) is 0 Å². The van der Waals surface area contributed by atoms with E-state index in [9.17, 15) is 0 Å². The van der Waals surface area contributed by atoms with Crippen LogP contribution >= 0.6 is 12.8 Å². The Morgan fingerprint density at radius 2 is 2.33 bits per heavy atom. The summed E-state index contributed by atoms with van der Waals surface area (Å²) >= 11 is 4.24. The largest absolute Gasteiger partial charge is 0.241 e. The summed E-state index contributed by atoms with van der Waals surface area (Å²) in [6.07, 6.45) is 2.31. The summed E-state index contributed by atoms with van der Waals surface area (Å²) < 4.78 is 1.77. The van der Waals surface area contributed by atoms with E-state index in [0.717, 1.165) is 13.0 Å². The van der Waals surface area contributed by atoms with E-state index in [1.54, 1.807) is 4.41 Å². The van der Waals surface area contributed by atoms with Crippen LogP contribution in [-0.4, -0.2) is 16.7 Å². The van der Waals surface area contributed by atoms with E-state index in [1.807, 2.05) is 0 Å². The van der Waals surface area contributed by atoms with Crippen LogP contribution in [0, 0.1) is 11.8 Å². The van der Waals surface area contributed by atoms with Crippen molar-refractivity contribution in [3.05, 3.63) is 0 Å². The molecule has 70 valence electrons. The van der Waals surface area contributed by atoms with Crippen molar-refractivity contribution in [3.8, 4) is 0 Å². The molecule has 0 radical (unpaired) electrons. The van der Waals surface area contributed by atoms with Crippen LogP contribution in [0.15, 0.2) is 5.10 Å². The lowest BCUT2D eigenvalue weighted by molar-refractivity contribution is 0.424. The van der Waals surface area contributed by atoms with Crippen molar-refractivity contribution in [2.24, 2.45) is 16.9 Å². The van der Waals surface area contributed by atoms with Gasteiger partial charge in [0, 0.05) is 11.6 Å². The zero-order valence-electron chi connectivity index (χ0n) is 8.12. The fraction of sp³-hybridized carbons (Fsp3) is 0.889. The number of nitrogens with zero attached hydrogens (tertiary/aromatic N) is 2. The summed E-state index contributed by atoms with van der Waals surface area (Å²) in [6.45, 7) is 7.68. The first kappa shape index (κ1) is 9.90. The minimum atomic E-state index is 0.627. The standard InChI is InChI=1S/C9H18N2S/c1-4-5-9-8(7(2)3)6-11(12)10-9/h7-8,12H,4-6H2,1-3H3. The second-order valence-corrected chi connectivity index (χ2v) is 4.21. The molecule has 1 unspecified atom stereocenters.